The van der Waals surface area contributed by atoms with Crippen LogP contribution >= 0.6 is 0 Å². The molecule has 0 radical (unpaired) electrons. The summed E-state index contributed by atoms with van der Waals surface area (Å²) in [6.45, 7) is 5.65. The van der Waals surface area contributed by atoms with Crippen LogP contribution in [0.1, 0.15) is 71.6 Å². The Morgan fingerprint density at radius 2 is 1.79 bits per heavy atom. The second-order valence-corrected chi connectivity index (χ2v) is 6.04. The highest BCUT2D eigenvalue weighted by Crippen LogP contribution is 2.18. The summed E-state index contributed by atoms with van der Waals surface area (Å²) in [5.74, 6) is 0.571. The fourth-order valence-corrected chi connectivity index (χ4v) is 2.67. The number of aliphatic hydroxyl groups is 1. The minimum absolute atomic E-state index is 0.236. The Hall–Kier alpha value is -0.570. The quantitative estimate of drug-likeness (QED) is 0.686. The Bertz CT molecular complexity index is 255. The molecule has 0 bridgehead atoms. The first-order chi connectivity index (χ1) is 9.15. The lowest BCUT2D eigenvalue weighted by atomic mass is 9.95. The van der Waals surface area contributed by atoms with Crippen LogP contribution in [0.3, 0.4) is 0 Å². The molecule has 0 aromatic rings. The van der Waals surface area contributed by atoms with Crippen molar-refractivity contribution in [1.82, 2.24) is 4.90 Å². The van der Waals surface area contributed by atoms with Gasteiger partial charge in [-0.1, -0.05) is 52.4 Å². The van der Waals surface area contributed by atoms with E-state index in [1.165, 1.54) is 38.5 Å². The van der Waals surface area contributed by atoms with Crippen LogP contribution in [-0.4, -0.2) is 35.1 Å². The van der Waals surface area contributed by atoms with Crippen LogP contribution in [0.5, 0.6) is 0 Å². The average molecular weight is 269 g/mol. The summed E-state index contributed by atoms with van der Waals surface area (Å²) >= 11 is 0. The molecule has 0 aromatic carbocycles. The van der Waals surface area contributed by atoms with Crippen molar-refractivity contribution in [3.63, 3.8) is 0 Å². The highest BCUT2D eigenvalue weighted by molar-refractivity contribution is 5.76. The van der Waals surface area contributed by atoms with E-state index in [4.69, 9.17) is 0 Å². The maximum absolute atomic E-state index is 12.0. The fraction of sp³-hybridized carbons (Fsp3) is 0.938. The summed E-state index contributed by atoms with van der Waals surface area (Å²) in [5, 5.41) is 9.80. The molecule has 19 heavy (non-hydrogen) atoms. The zero-order valence-corrected chi connectivity index (χ0v) is 12.7. The predicted octanol–water partition coefficient (Wildman–Crippen LogP) is 3.36. The summed E-state index contributed by atoms with van der Waals surface area (Å²) in [5.41, 5.74) is 0. The minimum atomic E-state index is -0.327. The number of nitrogens with zero attached hydrogens (tertiary/aromatic N) is 1. The molecular formula is C16H31NO2. The minimum Gasteiger partial charge on any atom is -0.391 e. The van der Waals surface area contributed by atoms with E-state index in [-0.39, 0.29) is 12.0 Å². The van der Waals surface area contributed by atoms with E-state index in [9.17, 15) is 9.90 Å². The third-order valence-corrected chi connectivity index (χ3v) is 4.27. The standard InChI is InChI=1S/C16H31NO2/c1-3-4-5-6-7-8-9-10-16(19)17-12-11-14(2)15(18)13-17/h14-15,18H,3-13H2,1-2H3. The first-order valence-corrected chi connectivity index (χ1v) is 8.11. The van der Waals surface area contributed by atoms with Crippen molar-refractivity contribution in [2.45, 2.75) is 77.7 Å². The molecule has 1 amide bonds. The van der Waals surface area contributed by atoms with Gasteiger partial charge in [0.2, 0.25) is 5.91 Å². The van der Waals surface area contributed by atoms with Gasteiger partial charge in [0.25, 0.3) is 0 Å². The van der Waals surface area contributed by atoms with Crippen molar-refractivity contribution in [3.05, 3.63) is 0 Å². The van der Waals surface area contributed by atoms with E-state index in [1.54, 1.807) is 0 Å². The van der Waals surface area contributed by atoms with Crippen molar-refractivity contribution in [1.29, 1.82) is 0 Å². The molecule has 1 N–H and O–H groups in total. The molecule has 2 atom stereocenters. The van der Waals surface area contributed by atoms with Gasteiger partial charge in [-0.05, 0) is 18.8 Å². The summed E-state index contributed by atoms with van der Waals surface area (Å²) in [4.78, 5) is 13.8. The van der Waals surface area contributed by atoms with Gasteiger partial charge in [0.15, 0.2) is 0 Å². The third kappa shape index (κ3) is 6.42. The normalized spacial score (nSPS) is 23.6. The molecule has 1 aliphatic rings. The molecule has 0 saturated carbocycles. The molecule has 0 spiro atoms. The Morgan fingerprint density at radius 3 is 2.42 bits per heavy atom. The number of carbonyl (C=O) groups excluding carboxylic acids is 1. The molecule has 2 unspecified atom stereocenters. The highest BCUT2D eigenvalue weighted by Gasteiger charge is 2.26. The van der Waals surface area contributed by atoms with Gasteiger partial charge in [-0.3, -0.25) is 4.79 Å². The molecule has 1 aliphatic heterocycles. The van der Waals surface area contributed by atoms with Crippen LogP contribution in [0.4, 0.5) is 0 Å². The number of rotatable bonds is 8. The summed E-state index contributed by atoms with van der Waals surface area (Å²) in [6, 6.07) is 0. The number of piperidine rings is 1. The number of β-amino-alcohol motifs (C(OH)–C–C–N with tert-alkyl or cyclic N) is 1. The molecule has 1 heterocycles. The van der Waals surface area contributed by atoms with Crippen molar-refractivity contribution in [2.75, 3.05) is 13.1 Å². The van der Waals surface area contributed by atoms with Gasteiger partial charge in [0, 0.05) is 19.5 Å². The number of amides is 1. The van der Waals surface area contributed by atoms with E-state index < -0.39 is 0 Å². The first-order valence-electron chi connectivity index (χ1n) is 8.11. The third-order valence-electron chi connectivity index (χ3n) is 4.27. The molecule has 1 fully saturated rings. The molecule has 1 saturated heterocycles. The topological polar surface area (TPSA) is 40.5 Å². The lowest BCUT2D eigenvalue weighted by Gasteiger charge is -2.34. The van der Waals surface area contributed by atoms with Crippen LogP contribution in [0, 0.1) is 5.92 Å². The van der Waals surface area contributed by atoms with Gasteiger partial charge in [-0.15, -0.1) is 0 Å². The largest absolute Gasteiger partial charge is 0.391 e. The van der Waals surface area contributed by atoms with Crippen LogP contribution in [-0.2, 0) is 4.79 Å². The number of unbranched alkanes of at least 4 members (excludes halogenated alkanes) is 6. The van der Waals surface area contributed by atoms with E-state index in [0.717, 1.165) is 19.4 Å². The monoisotopic (exact) mass is 269 g/mol. The smallest absolute Gasteiger partial charge is 0.222 e. The van der Waals surface area contributed by atoms with Crippen molar-refractivity contribution < 1.29 is 9.90 Å². The summed E-state index contributed by atoms with van der Waals surface area (Å²) < 4.78 is 0. The summed E-state index contributed by atoms with van der Waals surface area (Å²) in [6.07, 6.45) is 9.97. The van der Waals surface area contributed by atoms with Crippen LogP contribution in [0.2, 0.25) is 0 Å². The van der Waals surface area contributed by atoms with Gasteiger partial charge in [0.05, 0.1) is 6.10 Å². The molecule has 0 aromatic heterocycles. The maximum Gasteiger partial charge on any atom is 0.222 e. The maximum atomic E-state index is 12.0. The second-order valence-electron chi connectivity index (χ2n) is 6.04. The van der Waals surface area contributed by atoms with Gasteiger partial charge >= 0.3 is 0 Å². The second kappa shape index (κ2) is 9.35. The lowest BCUT2D eigenvalue weighted by Crippen LogP contribution is -2.45. The lowest BCUT2D eigenvalue weighted by molar-refractivity contribution is -0.135. The number of carbonyl (C=O) groups is 1. The Kier molecular flexibility index (Phi) is 8.11. The Balaban J connectivity index is 2.04. The summed E-state index contributed by atoms with van der Waals surface area (Å²) in [7, 11) is 0. The van der Waals surface area contributed by atoms with Crippen molar-refractivity contribution in [2.24, 2.45) is 5.92 Å². The van der Waals surface area contributed by atoms with E-state index in [0.29, 0.717) is 18.9 Å². The highest BCUT2D eigenvalue weighted by atomic mass is 16.3. The molecule has 1 rings (SSSR count). The number of likely N-dealkylation sites (tertiary alicyclic amines) is 1. The average Bonchev–Trinajstić information content (AvgIpc) is 2.40. The Morgan fingerprint density at radius 1 is 1.16 bits per heavy atom. The molecule has 3 heteroatoms. The first kappa shape index (κ1) is 16.5. The van der Waals surface area contributed by atoms with Gasteiger partial charge in [-0.2, -0.15) is 0 Å². The number of hydrogen-bond acceptors (Lipinski definition) is 2. The van der Waals surface area contributed by atoms with Crippen LogP contribution in [0.15, 0.2) is 0 Å². The van der Waals surface area contributed by atoms with Crippen molar-refractivity contribution >= 4 is 5.91 Å². The Labute approximate surface area is 118 Å². The van der Waals surface area contributed by atoms with E-state index in [2.05, 4.69) is 13.8 Å². The predicted molar refractivity (Wildman–Crippen MR) is 79.0 cm³/mol. The molecule has 112 valence electrons. The zero-order valence-electron chi connectivity index (χ0n) is 12.7. The number of aliphatic hydroxyl groups excluding tert-OH is 1. The van der Waals surface area contributed by atoms with Gasteiger partial charge < -0.3 is 10.0 Å². The molecule has 0 aliphatic carbocycles. The van der Waals surface area contributed by atoms with E-state index >= 15 is 0 Å². The SMILES string of the molecule is CCCCCCCCCC(=O)N1CCC(C)C(O)C1. The molecular weight excluding hydrogens is 238 g/mol. The van der Waals surface area contributed by atoms with Crippen LogP contribution in [0.25, 0.3) is 0 Å². The van der Waals surface area contributed by atoms with Gasteiger partial charge in [0.1, 0.15) is 0 Å². The number of hydrogen-bond donors (Lipinski definition) is 1. The fourth-order valence-electron chi connectivity index (χ4n) is 2.67. The van der Waals surface area contributed by atoms with E-state index in [1.807, 2.05) is 4.90 Å². The van der Waals surface area contributed by atoms with Gasteiger partial charge in [-0.25, -0.2) is 0 Å². The molecule has 3 nitrogen and oxygen atoms in total. The van der Waals surface area contributed by atoms with Crippen LogP contribution < -0.4 is 0 Å². The zero-order chi connectivity index (χ0) is 14.1. The van der Waals surface area contributed by atoms with Crippen molar-refractivity contribution in [3.8, 4) is 0 Å².